The summed E-state index contributed by atoms with van der Waals surface area (Å²) < 4.78 is 77.7. The Labute approximate surface area is 170 Å². The number of nitrogens with zero attached hydrogens (tertiary/aromatic N) is 4. The molecule has 0 radical (unpaired) electrons. The van der Waals surface area contributed by atoms with Gasteiger partial charge >= 0.3 is 12.4 Å². The number of aliphatic imine (C=N–C) groups is 2. The van der Waals surface area contributed by atoms with Crippen LogP contribution in [0.25, 0.3) is 0 Å². The largest absolute Gasteiger partial charge is 0.393 e. The molecular weight excluding hydrogens is 412 g/mol. The summed E-state index contributed by atoms with van der Waals surface area (Å²) in [5, 5.41) is 11.8. The van der Waals surface area contributed by atoms with Crippen molar-refractivity contribution >= 4 is 30.0 Å². The van der Waals surface area contributed by atoms with Crippen molar-refractivity contribution in [1.82, 2.24) is 5.32 Å². The molecule has 1 aromatic rings. The van der Waals surface area contributed by atoms with E-state index in [1.54, 1.807) is 6.92 Å². The maximum absolute atomic E-state index is 13.5. The third kappa shape index (κ3) is 5.95. The SMILES string of the molecule is C=Nc1c(C#N)ccc(N2CC(NCCC(F)(F)F)CC(C(F)(F)F)C2)c1/N=C\C. The number of alkyl halides is 6. The Morgan fingerprint density at radius 3 is 2.47 bits per heavy atom. The Morgan fingerprint density at radius 2 is 1.93 bits per heavy atom. The second-order valence-electron chi connectivity index (χ2n) is 6.88. The van der Waals surface area contributed by atoms with E-state index in [-0.39, 0.29) is 36.4 Å². The molecule has 1 N–H and O–H groups in total. The van der Waals surface area contributed by atoms with E-state index < -0.39 is 37.3 Å². The van der Waals surface area contributed by atoms with Crippen molar-refractivity contribution in [2.45, 2.75) is 38.2 Å². The lowest BCUT2D eigenvalue weighted by Gasteiger charge is -2.40. The van der Waals surface area contributed by atoms with Gasteiger partial charge < -0.3 is 10.2 Å². The highest BCUT2D eigenvalue weighted by atomic mass is 19.4. The van der Waals surface area contributed by atoms with Crippen LogP contribution < -0.4 is 10.2 Å². The Bertz CT molecular complexity index is 824. The number of halogens is 6. The number of anilines is 1. The van der Waals surface area contributed by atoms with Crippen LogP contribution in [-0.4, -0.2) is 51.0 Å². The highest BCUT2D eigenvalue weighted by Gasteiger charge is 2.45. The van der Waals surface area contributed by atoms with Gasteiger partial charge in [0, 0.05) is 31.9 Å². The van der Waals surface area contributed by atoms with Crippen LogP contribution in [0.4, 0.5) is 43.4 Å². The molecule has 1 aliphatic rings. The summed E-state index contributed by atoms with van der Waals surface area (Å²) in [7, 11) is 0. The Hall–Kier alpha value is -2.61. The molecular formula is C19H21F6N5. The van der Waals surface area contributed by atoms with Crippen LogP contribution in [0.1, 0.15) is 25.3 Å². The van der Waals surface area contributed by atoms with E-state index in [4.69, 9.17) is 0 Å². The molecule has 1 aliphatic heterocycles. The van der Waals surface area contributed by atoms with Crippen LogP contribution in [0.5, 0.6) is 0 Å². The van der Waals surface area contributed by atoms with Gasteiger partial charge in [-0.3, -0.25) is 9.98 Å². The van der Waals surface area contributed by atoms with Crippen molar-refractivity contribution in [2.75, 3.05) is 24.5 Å². The summed E-state index contributed by atoms with van der Waals surface area (Å²) in [6.07, 6.45) is -8.95. The maximum atomic E-state index is 13.5. The number of nitrogens with one attached hydrogen (secondary N) is 1. The predicted molar refractivity (Wildman–Crippen MR) is 103 cm³/mol. The van der Waals surface area contributed by atoms with Gasteiger partial charge in [-0.05, 0) is 32.2 Å². The summed E-state index contributed by atoms with van der Waals surface area (Å²) in [6.45, 7) is 4.21. The van der Waals surface area contributed by atoms with E-state index in [1.807, 2.05) is 6.07 Å². The molecule has 1 aromatic carbocycles. The normalized spacial score (nSPS) is 20.4. The first-order valence-corrected chi connectivity index (χ1v) is 9.14. The zero-order valence-corrected chi connectivity index (χ0v) is 16.2. The molecule has 2 unspecified atom stereocenters. The topological polar surface area (TPSA) is 63.8 Å². The number of benzene rings is 1. The molecule has 0 aliphatic carbocycles. The van der Waals surface area contributed by atoms with Gasteiger partial charge in [-0.25, -0.2) is 0 Å². The Kier molecular flexibility index (Phi) is 7.47. The second-order valence-corrected chi connectivity index (χ2v) is 6.88. The van der Waals surface area contributed by atoms with E-state index in [1.165, 1.54) is 23.2 Å². The molecule has 1 saturated heterocycles. The third-order valence-corrected chi connectivity index (χ3v) is 4.76. The summed E-state index contributed by atoms with van der Waals surface area (Å²) in [4.78, 5) is 9.39. The zero-order valence-electron chi connectivity index (χ0n) is 16.2. The minimum absolute atomic E-state index is 0.0547. The molecule has 0 saturated carbocycles. The maximum Gasteiger partial charge on any atom is 0.393 e. The van der Waals surface area contributed by atoms with Crippen LogP contribution >= 0.6 is 0 Å². The highest BCUT2D eigenvalue weighted by Crippen LogP contribution is 2.43. The molecule has 5 nitrogen and oxygen atoms in total. The minimum Gasteiger partial charge on any atom is -0.368 e. The van der Waals surface area contributed by atoms with Gasteiger partial charge in [-0.2, -0.15) is 31.6 Å². The molecule has 0 bridgehead atoms. The van der Waals surface area contributed by atoms with Crippen molar-refractivity contribution in [3.8, 4) is 6.07 Å². The van der Waals surface area contributed by atoms with Gasteiger partial charge in [0.2, 0.25) is 0 Å². The number of nitriles is 1. The zero-order chi connectivity index (χ0) is 22.5. The molecule has 1 fully saturated rings. The summed E-state index contributed by atoms with van der Waals surface area (Å²) in [5.41, 5.74) is 0.817. The Morgan fingerprint density at radius 1 is 1.23 bits per heavy atom. The predicted octanol–water partition coefficient (Wildman–Crippen LogP) is 4.91. The number of hydrogen-bond donors (Lipinski definition) is 1. The summed E-state index contributed by atoms with van der Waals surface area (Å²) >= 11 is 0. The molecule has 164 valence electrons. The van der Waals surface area contributed by atoms with E-state index >= 15 is 0 Å². The van der Waals surface area contributed by atoms with Crippen LogP contribution in [0.3, 0.4) is 0 Å². The fourth-order valence-electron chi connectivity index (χ4n) is 3.43. The molecule has 2 rings (SSSR count). The van der Waals surface area contributed by atoms with Crippen molar-refractivity contribution in [2.24, 2.45) is 15.9 Å². The van der Waals surface area contributed by atoms with Crippen molar-refractivity contribution in [3.63, 3.8) is 0 Å². The minimum atomic E-state index is -4.51. The van der Waals surface area contributed by atoms with Gasteiger partial charge in [-0.15, -0.1) is 0 Å². The van der Waals surface area contributed by atoms with Crippen LogP contribution in [-0.2, 0) is 0 Å². The van der Waals surface area contributed by atoms with Gasteiger partial charge in [0.1, 0.15) is 17.4 Å². The molecule has 0 amide bonds. The molecule has 0 aromatic heterocycles. The first-order valence-electron chi connectivity index (χ1n) is 9.14. The average Bonchev–Trinajstić information content (AvgIpc) is 2.65. The molecule has 30 heavy (non-hydrogen) atoms. The molecule has 11 heteroatoms. The monoisotopic (exact) mass is 433 g/mol. The van der Waals surface area contributed by atoms with Crippen LogP contribution in [0, 0.1) is 17.2 Å². The lowest BCUT2D eigenvalue weighted by atomic mass is 9.92. The third-order valence-electron chi connectivity index (χ3n) is 4.76. The fraction of sp³-hybridized carbons (Fsp3) is 0.526. The molecule has 1 heterocycles. The van der Waals surface area contributed by atoms with E-state index in [0.717, 1.165) is 0 Å². The highest BCUT2D eigenvalue weighted by molar-refractivity contribution is 5.86. The van der Waals surface area contributed by atoms with Crippen LogP contribution in [0.2, 0.25) is 0 Å². The summed E-state index contributed by atoms with van der Waals surface area (Å²) in [5.74, 6) is -1.73. The first-order chi connectivity index (χ1) is 14.0. The second kappa shape index (κ2) is 9.47. The molecule has 2 atom stereocenters. The lowest BCUT2D eigenvalue weighted by Crippen LogP contribution is -2.53. The molecule has 0 spiro atoms. The van der Waals surface area contributed by atoms with Crippen molar-refractivity contribution < 1.29 is 26.3 Å². The lowest BCUT2D eigenvalue weighted by molar-refractivity contribution is -0.178. The van der Waals surface area contributed by atoms with E-state index in [9.17, 15) is 31.6 Å². The quantitative estimate of drug-likeness (QED) is 0.512. The number of rotatable bonds is 6. The average molecular weight is 433 g/mol. The number of hydrogen-bond acceptors (Lipinski definition) is 5. The first kappa shape index (κ1) is 23.7. The number of piperidine rings is 1. The van der Waals surface area contributed by atoms with Crippen molar-refractivity contribution in [3.05, 3.63) is 17.7 Å². The van der Waals surface area contributed by atoms with Crippen LogP contribution in [0.15, 0.2) is 22.1 Å². The summed E-state index contributed by atoms with van der Waals surface area (Å²) in [6, 6.07) is 4.02. The van der Waals surface area contributed by atoms with Gasteiger partial charge in [-0.1, -0.05) is 0 Å². The van der Waals surface area contributed by atoms with E-state index in [2.05, 4.69) is 22.0 Å². The van der Waals surface area contributed by atoms with Gasteiger partial charge in [0.05, 0.1) is 23.6 Å². The smallest absolute Gasteiger partial charge is 0.368 e. The van der Waals surface area contributed by atoms with E-state index in [0.29, 0.717) is 5.69 Å². The fourth-order valence-corrected chi connectivity index (χ4v) is 3.43. The Balaban J connectivity index is 2.38. The van der Waals surface area contributed by atoms with Gasteiger partial charge in [0.15, 0.2) is 0 Å². The van der Waals surface area contributed by atoms with Gasteiger partial charge in [0.25, 0.3) is 0 Å². The standard InChI is InChI=1S/C19H21F6N5/c1-3-28-17-15(5-4-12(9-26)16(17)27-2)30-10-13(19(23,24)25)8-14(11-30)29-7-6-18(20,21)22/h3-5,13-14,29H,2,6-8,10-11H2,1H3/b28-3-. The van der Waals surface area contributed by atoms with Crippen molar-refractivity contribution in [1.29, 1.82) is 5.26 Å².